The molecule has 0 fully saturated rings. The van der Waals surface area contributed by atoms with E-state index in [0.29, 0.717) is 28.2 Å². The lowest BCUT2D eigenvalue weighted by atomic mass is 9.95. The number of aromatic nitrogens is 2. The molecular weight excluding hydrogens is 659 g/mol. The number of imidazole rings is 1. The summed E-state index contributed by atoms with van der Waals surface area (Å²) in [7, 11) is 2.04. The smallest absolute Gasteiger partial charge is 0.269 e. The predicted molar refractivity (Wildman–Crippen MR) is 221 cm³/mol. The number of rotatable bonds is 9. The number of fused-ring (bicyclic) bond motifs is 1. The van der Waals surface area contributed by atoms with Gasteiger partial charge in [0.05, 0.1) is 36.1 Å². The van der Waals surface area contributed by atoms with Gasteiger partial charge in [-0.3, -0.25) is 9.13 Å². The SMILES string of the molecule is [2H]c1c([2H])c([2H])c(-c2cccc(-c3c([2H])c([2H])c([2H])c([2H])c3[2H])c2-[n+]2[c-]n(-c3cccc(Oc4cccc(-c5ccccc5N(C)c5ccccc5)c4)c3)c3ccccc32)c([2H])c1[2H]. The molecule has 0 amide bonds. The maximum Gasteiger partial charge on any atom is 0.269 e. The molecule has 0 spiro atoms. The Labute approximate surface area is 330 Å². The van der Waals surface area contributed by atoms with Crippen LogP contribution in [0, 0.1) is 6.33 Å². The van der Waals surface area contributed by atoms with Crippen molar-refractivity contribution in [2.75, 3.05) is 11.9 Å². The summed E-state index contributed by atoms with van der Waals surface area (Å²) in [6.45, 7) is 0. The van der Waals surface area contributed by atoms with Gasteiger partial charge < -0.3 is 9.64 Å². The van der Waals surface area contributed by atoms with E-state index in [-0.39, 0.29) is 27.9 Å². The van der Waals surface area contributed by atoms with Crippen LogP contribution in [0.3, 0.4) is 0 Å². The van der Waals surface area contributed by atoms with Crippen LogP contribution in [0.25, 0.3) is 55.8 Å². The molecule has 258 valence electrons. The lowest BCUT2D eigenvalue weighted by Gasteiger charge is -2.23. The lowest BCUT2D eigenvalue weighted by molar-refractivity contribution is -0.571. The van der Waals surface area contributed by atoms with E-state index in [1.54, 1.807) is 27.3 Å². The maximum absolute atomic E-state index is 8.96. The second kappa shape index (κ2) is 14.5. The fraction of sp³-hybridized carbons (Fsp3) is 0.0200. The topological polar surface area (TPSA) is 21.3 Å². The number of nitrogens with zero attached hydrogens (tertiary/aromatic N) is 3. The summed E-state index contributed by atoms with van der Waals surface area (Å²) in [5, 5.41) is 0. The lowest BCUT2D eigenvalue weighted by Crippen LogP contribution is -2.31. The van der Waals surface area contributed by atoms with Gasteiger partial charge >= 0.3 is 0 Å². The van der Waals surface area contributed by atoms with E-state index in [1.165, 1.54) is 0 Å². The van der Waals surface area contributed by atoms with E-state index >= 15 is 0 Å². The highest BCUT2D eigenvalue weighted by atomic mass is 16.5. The van der Waals surface area contributed by atoms with Crippen LogP contribution in [0.4, 0.5) is 11.4 Å². The Morgan fingerprint density at radius 3 is 1.89 bits per heavy atom. The number of anilines is 2. The molecule has 54 heavy (non-hydrogen) atoms. The number of benzene rings is 8. The Morgan fingerprint density at radius 2 is 1.15 bits per heavy atom. The molecule has 1 aromatic heterocycles. The highest BCUT2D eigenvalue weighted by Crippen LogP contribution is 2.37. The first-order valence-electron chi connectivity index (χ1n) is 22.3. The Bertz CT molecular complexity index is 3150. The van der Waals surface area contributed by atoms with Gasteiger partial charge in [0.1, 0.15) is 11.5 Å². The Kier molecular flexibility index (Phi) is 6.26. The summed E-state index contributed by atoms with van der Waals surface area (Å²) in [6.07, 6.45) is 3.42. The molecule has 8 aromatic carbocycles. The molecule has 0 aliphatic carbocycles. The first kappa shape index (κ1) is 23.4. The Morgan fingerprint density at radius 1 is 0.556 bits per heavy atom. The van der Waals surface area contributed by atoms with Gasteiger partial charge in [-0.15, -0.1) is 0 Å². The van der Waals surface area contributed by atoms with E-state index in [0.717, 1.165) is 22.5 Å². The minimum Gasteiger partial charge on any atom is -0.458 e. The van der Waals surface area contributed by atoms with E-state index in [9.17, 15) is 0 Å². The highest BCUT2D eigenvalue weighted by Gasteiger charge is 2.20. The van der Waals surface area contributed by atoms with Crippen molar-refractivity contribution in [3.63, 3.8) is 0 Å². The zero-order chi connectivity index (χ0) is 45.0. The van der Waals surface area contributed by atoms with E-state index in [2.05, 4.69) is 35.5 Å². The number of hydrogen-bond acceptors (Lipinski definition) is 2. The van der Waals surface area contributed by atoms with Crippen LogP contribution in [0.1, 0.15) is 13.7 Å². The summed E-state index contributed by atoms with van der Waals surface area (Å²) in [5.41, 5.74) is 6.20. The standard InChI is InChI=1S/C50H37N3O/c1-51(40-23-9-4-10-24-40)47-31-12-11-28-44(47)39-22-15-26-42(34-39)54-43-27-16-25-41(35-43)52-36-53(49-33-14-13-32-48(49)52)50-45(37-18-5-2-6-19-37)29-17-30-46(50)38-20-7-3-8-21-38/h2-35H,1H3/i2D,3D,5D,6D,7D,8D,18D,19D,20D,21D. The third kappa shape index (κ3) is 6.31. The zero-order valence-electron chi connectivity index (χ0n) is 39.1. The van der Waals surface area contributed by atoms with Crippen molar-refractivity contribution in [3.05, 3.63) is 212 Å². The van der Waals surface area contributed by atoms with Gasteiger partial charge in [0.15, 0.2) is 0 Å². The summed E-state index contributed by atoms with van der Waals surface area (Å²) in [4.78, 5) is 2.15. The van der Waals surface area contributed by atoms with Crippen molar-refractivity contribution in [1.82, 2.24) is 4.57 Å². The molecule has 0 radical (unpaired) electrons. The van der Waals surface area contributed by atoms with Crippen LogP contribution in [-0.2, 0) is 0 Å². The van der Waals surface area contributed by atoms with Crippen LogP contribution in [0.15, 0.2) is 206 Å². The maximum atomic E-state index is 8.96. The van der Waals surface area contributed by atoms with Gasteiger partial charge in [0, 0.05) is 24.0 Å². The van der Waals surface area contributed by atoms with Crippen molar-refractivity contribution in [1.29, 1.82) is 0 Å². The van der Waals surface area contributed by atoms with Crippen molar-refractivity contribution >= 4 is 22.4 Å². The van der Waals surface area contributed by atoms with Gasteiger partial charge in [-0.25, -0.2) is 0 Å². The fourth-order valence-corrected chi connectivity index (χ4v) is 6.72. The van der Waals surface area contributed by atoms with Crippen LogP contribution in [0.2, 0.25) is 0 Å². The molecule has 0 bridgehead atoms. The average Bonchev–Trinajstić information content (AvgIpc) is 3.71. The van der Waals surface area contributed by atoms with Crippen LogP contribution in [0.5, 0.6) is 11.5 Å². The molecule has 9 aromatic rings. The summed E-state index contributed by atoms with van der Waals surface area (Å²) in [5.74, 6) is 1.14. The van der Waals surface area contributed by atoms with Crippen LogP contribution >= 0.6 is 0 Å². The Hall–Kier alpha value is -7.17. The van der Waals surface area contributed by atoms with Gasteiger partial charge in [-0.2, -0.15) is 0 Å². The van der Waals surface area contributed by atoms with E-state index < -0.39 is 60.4 Å². The quantitative estimate of drug-likeness (QED) is 0.110. The van der Waals surface area contributed by atoms with Gasteiger partial charge in [-0.05, 0) is 76.3 Å². The molecule has 0 N–H and O–H groups in total. The van der Waals surface area contributed by atoms with Crippen LogP contribution in [-0.4, -0.2) is 11.6 Å². The predicted octanol–water partition coefficient (Wildman–Crippen LogP) is 12.3. The number of para-hydroxylation sites is 5. The number of ether oxygens (including phenoxy) is 1. The number of hydrogen-bond donors (Lipinski definition) is 0. The molecule has 9 rings (SSSR count). The third-order valence-electron chi connectivity index (χ3n) is 9.23. The fourth-order valence-electron chi connectivity index (χ4n) is 6.72. The molecular formula is C50H37N3O. The zero-order valence-corrected chi connectivity index (χ0v) is 29.1. The van der Waals surface area contributed by atoms with Crippen molar-refractivity contribution in [2.24, 2.45) is 0 Å². The normalized spacial score (nSPS) is 13.6. The van der Waals surface area contributed by atoms with Crippen molar-refractivity contribution in [2.45, 2.75) is 0 Å². The molecule has 0 saturated heterocycles. The second-order valence-corrected chi connectivity index (χ2v) is 12.5. The van der Waals surface area contributed by atoms with Gasteiger partial charge in [0.25, 0.3) is 6.33 Å². The van der Waals surface area contributed by atoms with E-state index in [1.807, 2.05) is 110 Å². The first-order chi connectivity index (χ1) is 30.8. The first-order valence-corrected chi connectivity index (χ1v) is 17.3. The minimum absolute atomic E-state index is 0.125. The second-order valence-electron chi connectivity index (χ2n) is 12.5. The summed E-state index contributed by atoms with van der Waals surface area (Å²) in [6, 6.07) is 40.6. The van der Waals surface area contributed by atoms with E-state index in [4.69, 9.17) is 18.4 Å². The van der Waals surface area contributed by atoms with Crippen molar-refractivity contribution in [3.8, 4) is 56.3 Å². The molecule has 1 heterocycles. The monoisotopic (exact) mass is 705 g/mol. The molecule has 0 saturated carbocycles. The summed E-state index contributed by atoms with van der Waals surface area (Å²) >= 11 is 0. The molecule has 0 aliphatic heterocycles. The van der Waals surface area contributed by atoms with Gasteiger partial charge in [0.2, 0.25) is 0 Å². The average molecular weight is 706 g/mol. The Balaban J connectivity index is 1.19. The van der Waals surface area contributed by atoms with Gasteiger partial charge in [-0.1, -0.05) is 157 Å². The summed E-state index contributed by atoms with van der Waals surface area (Å²) < 4.78 is 96.4. The molecule has 4 heteroatoms. The third-order valence-corrected chi connectivity index (χ3v) is 9.23. The van der Waals surface area contributed by atoms with Crippen LogP contribution < -0.4 is 14.2 Å². The highest BCUT2D eigenvalue weighted by molar-refractivity contribution is 5.85. The van der Waals surface area contributed by atoms with Crippen molar-refractivity contribution < 1.29 is 23.0 Å². The molecule has 4 nitrogen and oxygen atoms in total. The largest absolute Gasteiger partial charge is 0.458 e. The molecule has 0 atom stereocenters. The minimum atomic E-state index is -0.563. The molecule has 0 aliphatic rings. The molecule has 0 unspecified atom stereocenters.